The Morgan fingerprint density at radius 3 is 2.60 bits per heavy atom. The molecule has 3 aromatic rings. The van der Waals surface area contributed by atoms with E-state index < -0.39 is 10.9 Å². The molecule has 0 spiro atoms. The average molecular weight is 408 g/mol. The van der Waals surface area contributed by atoms with Crippen LogP contribution >= 0.6 is 0 Å². The zero-order chi connectivity index (χ0) is 21.1. The number of fused-ring (bicyclic) bond motifs is 1. The van der Waals surface area contributed by atoms with E-state index in [0.29, 0.717) is 54.2 Å². The van der Waals surface area contributed by atoms with Crippen molar-refractivity contribution in [2.45, 2.75) is 6.92 Å². The van der Waals surface area contributed by atoms with Crippen LogP contribution in [0.15, 0.2) is 48.5 Å². The van der Waals surface area contributed by atoms with Gasteiger partial charge in [-0.05, 0) is 18.6 Å². The number of hydrogen-bond acceptors (Lipinski definition) is 6. The monoisotopic (exact) mass is 408 g/mol. The highest BCUT2D eigenvalue weighted by Crippen LogP contribution is 2.36. The molecule has 1 N–H and O–H groups in total. The van der Waals surface area contributed by atoms with Gasteiger partial charge in [0.25, 0.3) is 11.5 Å². The molecule has 154 valence electrons. The Morgan fingerprint density at radius 1 is 1.20 bits per heavy atom. The molecule has 4 rings (SSSR count). The second-order valence-electron chi connectivity index (χ2n) is 6.90. The predicted octanol–water partition coefficient (Wildman–Crippen LogP) is 3.24. The SMILES string of the molecule is CCOC(=O)c1c(N2CCOCC2)[nH+]c2ccc([N+](=O)[O-])cc2c1-c1ccccc1. The molecule has 1 aromatic heterocycles. The van der Waals surface area contributed by atoms with Gasteiger partial charge in [-0.3, -0.25) is 15.0 Å². The molecule has 0 atom stereocenters. The number of aromatic amines is 1. The van der Waals surface area contributed by atoms with Crippen LogP contribution in [0.25, 0.3) is 22.0 Å². The summed E-state index contributed by atoms with van der Waals surface area (Å²) < 4.78 is 10.9. The zero-order valence-electron chi connectivity index (χ0n) is 16.6. The van der Waals surface area contributed by atoms with Crippen LogP contribution in [0.5, 0.6) is 0 Å². The number of anilines is 1. The van der Waals surface area contributed by atoms with E-state index in [-0.39, 0.29) is 12.3 Å². The standard InChI is InChI=1S/C22H21N3O5/c1-2-30-22(26)20-19(15-6-4-3-5-7-15)17-14-16(25(27)28)8-9-18(17)23-21(20)24-10-12-29-13-11-24/h3-9,14H,2,10-13H2,1H3/p+1. The van der Waals surface area contributed by atoms with Crippen molar-refractivity contribution in [1.29, 1.82) is 0 Å². The molecule has 1 aliphatic heterocycles. The smallest absolute Gasteiger partial charge is 0.347 e. The minimum absolute atomic E-state index is 0.0398. The number of non-ortho nitro benzene ring substituents is 1. The number of benzene rings is 2. The van der Waals surface area contributed by atoms with Crippen LogP contribution in [-0.4, -0.2) is 43.8 Å². The number of morpholine rings is 1. The molecule has 1 saturated heterocycles. The number of hydrogen-bond donors (Lipinski definition) is 0. The number of carbonyl (C=O) groups excluding carboxylic acids is 1. The van der Waals surface area contributed by atoms with Gasteiger partial charge in [-0.1, -0.05) is 30.3 Å². The molecule has 0 amide bonds. The molecule has 0 saturated carbocycles. The van der Waals surface area contributed by atoms with Crippen LogP contribution in [0.4, 0.5) is 11.5 Å². The number of pyridine rings is 1. The summed E-state index contributed by atoms with van der Waals surface area (Å²) in [5, 5.41) is 12.0. The van der Waals surface area contributed by atoms with Crippen molar-refractivity contribution in [2.24, 2.45) is 0 Å². The van der Waals surface area contributed by atoms with E-state index in [4.69, 9.17) is 9.47 Å². The lowest BCUT2D eigenvalue weighted by Gasteiger charge is -2.24. The number of esters is 1. The number of H-pyrrole nitrogens is 1. The Balaban J connectivity index is 2.08. The van der Waals surface area contributed by atoms with Gasteiger partial charge in [-0.15, -0.1) is 0 Å². The molecule has 0 aliphatic carbocycles. The second kappa shape index (κ2) is 8.46. The highest BCUT2D eigenvalue weighted by molar-refractivity contribution is 6.09. The third kappa shape index (κ3) is 3.69. The van der Waals surface area contributed by atoms with Gasteiger partial charge >= 0.3 is 5.97 Å². The third-order valence-electron chi connectivity index (χ3n) is 5.09. The molecule has 2 aromatic carbocycles. The maximum atomic E-state index is 13.1. The molecule has 2 heterocycles. The first-order valence-electron chi connectivity index (χ1n) is 9.82. The Kier molecular flexibility index (Phi) is 5.58. The van der Waals surface area contributed by atoms with Crippen LogP contribution in [0.1, 0.15) is 17.3 Å². The summed E-state index contributed by atoms with van der Waals surface area (Å²) in [4.78, 5) is 29.5. The third-order valence-corrected chi connectivity index (χ3v) is 5.09. The van der Waals surface area contributed by atoms with Crippen molar-refractivity contribution in [3.05, 3.63) is 64.2 Å². The number of carbonyl (C=O) groups is 1. The van der Waals surface area contributed by atoms with Crippen molar-refractivity contribution in [1.82, 2.24) is 0 Å². The van der Waals surface area contributed by atoms with Crippen molar-refractivity contribution in [2.75, 3.05) is 37.8 Å². The van der Waals surface area contributed by atoms with E-state index in [1.54, 1.807) is 13.0 Å². The highest BCUT2D eigenvalue weighted by atomic mass is 16.6. The number of nitrogens with zero attached hydrogens (tertiary/aromatic N) is 2. The predicted molar refractivity (Wildman–Crippen MR) is 112 cm³/mol. The van der Waals surface area contributed by atoms with E-state index >= 15 is 0 Å². The minimum Gasteiger partial charge on any atom is -0.462 e. The Hall–Kier alpha value is -3.52. The lowest BCUT2D eigenvalue weighted by atomic mass is 9.94. The van der Waals surface area contributed by atoms with Gasteiger partial charge in [0, 0.05) is 23.1 Å². The Bertz CT molecular complexity index is 1090. The van der Waals surface area contributed by atoms with Gasteiger partial charge in [0.1, 0.15) is 18.6 Å². The number of nitro groups is 1. The molecular formula is C22H22N3O5+. The van der Waals surface area contributed by atoms with Gasteiger partial charge in [-0.2, -0.15) is 0 Å². The van der Waals surface area contributed by atoms with Crippen molar-refractivity contribution in [3.8, 4) is 11.1 Å². The zero-order valence-corrected chi connectivity index (χ0v) is 16.6. The van der Waals surface area contributed by atoms with E-state index in [0.717, 1.165) is 5.56 Å². The lowest BCUT2D eigenvalue weighted by molar-refractivity contribution is -0.385. The first kappa shape index (κ1) is 19.8. The van der Waals surface area contributed by atoms with Crippen LogP contribution in [0.2, 0.25) is 0 Å². The molecule has 8 heteroatoms. The summed E-state index contributed by atoms with van der Waals surface area (Å²) in [5.74, 6) is 0.166. The molecular weight excluding hydrogens is 386 g/mol. The quantitative estimate of drug-likeness (QED) is 0.365. The first-order chi connectivity index (χ1) is 14.6. The summed E-state index contributed by atoms with van der Waals surface area (Å²) in [6.45, 7) is 4.32. The summed E-state index contributed by atoms with van der Waals surface area (Å²) in [5.41, 5.74) is 2.44. The van der Waals surface area contributed by atoms with Crippen molar-refractivity contribution < 1.29 is 24.2 Å². The van der Waals surface area contributed by atoms with Gasteiger partial charge in [-0.25, -0.2) is 9.78 Å². The van der Waals surface area contributed by atoms with Crippen LogP contribution in [0, 0.1) is 10.1 Å². The minimum atomic E-state index is -0.470. The first-order valence-corrected chi connectivity index (χ1v) is 9.82. The van der Waals surface area contributed by atoms with E-state index in [2.05, 4.69) is 9.88 Å². The maximum Gasteiger partial charge on any atom is 0.347 e. The Morgan fingerprint density at radius 2 is 1.93 bits per heavy atom. The second-order valence-corrected chi connectivity index (χ2v) is 6.90. The highest BCUT2D eigenvalue weighted by Gasteiger charge is 2.33. The number of ether oxygens (including phenoxy) is 2. The van der Waals surface area contributed by atoms with E-state index in [1.165, 1.54) is 12.1 Å². The van der Waals surface area contributed by atoms with E-state index in [1.807, 2.05) is 30.3 Å². The Labute approximate surface area is 173 Å². The average Bonchev–Trinajstić information content (AvgIpc) is 2.78. The van der Waals surface area contributed by atoms with E-state index in [9.17, 15) is 14.9 Å². The fourth-order valence-corrected chi connectivity index (χ4v) is 3.74. The van der Waals surface area contributed by atoms with Crippen LogP contribution in [-0.2, 0) is 9.47 Å². The van der Waals surface area contributed by atoms with Crippen molar-refractivity contribution >= 4 is 28.4 Å². The molecule has 8 nitrogen and oxygen atoms in total. The van der Waals surface area contributed by atoms with Gasteiger partial charge < -0.3 is 9.47 Å². The molecule has 30 heavy (non-hydrogen) atoms. The molecule has 1 aliphatic rings. The topological polar surface area (TPSA) is 96.0 Å². The number of aromatic nitrogens is 1. The lowest BCUT2D eigenvalue weighted by Crippen LogP contribution is -2.41. The largest absolute Gasteiger partial charge is 0.462 e. The fraction of sp³-hybridized carbons (Fsp3) is 0.273. The van der Waals surface area contributed by atoms with Crippen molar-refractivity contribution in [3.63, 3.8) is 0 Å². The molecule has 0 bridgehead atoms. The van der Waals surface area contributed by atoms with Crippen LogP contribution in [0.3, 0.4) is 0 Å². The number of nitrogens with one attached hydrogen (secondary N) is 1. The van der Waals surface area contributed by atoms with Gasteiger partial charge in [0.15, 0.2) is 5.56 Å². The maximum absolute atomic E-state index is 13.1. The number of rotatable bonds is 5. The fourth-order valence-electron chi connectivity index (χ4n) is 3.74. The van der Waals surface area contributed by atoms with Gasteiger partial charge in [0.05, 0.1) is 24.7 Å². The summed E-state index contributed by atoms with van der Waals surface area (Å²) in [6, 6.07) is 14.0. The normalized spacial score (nSPS) is 14.0. The van der Waals surface area contributed by atoms with Crippen LogP contribution < -0.4 is 9.88 Å². The van der Waals surface area contributed by atoms with Gasteiger partial charge in [0.2, 0.25) is 0 Å². The number of nitro benzene ring substituents is 1. The summed E-state index contributed by atoms with van der Waals surface area (Å²) in [7, 11) is 0. The molecule has 0 unspecified atom stereocenters. The summed E-state index contributed by atoms with van der Waals surface area (Å²) in [6.07, 6.45) is 0. The summed E-state index contributed by atoms with van der Waals surface area (Å²) >= 11 is 0. The molecule has 0 radical (unpaired) electrons. The molecule has 1 fully saturated rings.